The summed E-state index contributed by atoms with van der Waals surface area (Å²) in [5.74, 6) is 1.42. The van der Waals surface area contributed by atoms with E-state index in [9.17, 15) is 0 Å². The SMILES string of the molecule is CC(C)c1cnc(-c2ncco2)nc1. The minimum atomic E-state index is 0.439. The summed E-state index contributed by atoms with van der Waals surface area (Å²) >= 11 is 0. The van der Waals surface area contributed by atoms with Gasteiger partial charge in [-0.05, 0) is 11.5 Å². The second kappa shape index (κ2) is 3.57. The minimum absolute atomic E-state index is 0.439. The summed E-state index contributed by atoms with van der Waals surface area (Å²) in [4.78, 5) is 12.3. The second-order valence-electron chi connectivity index (χ2n) is 3.33. The van der Waals surface area contributed by atoms with Gasteiger partial charge < -0.3 is 4.42 Å². The van der Waals surface area contributed by atoms with Crippen LogP contribution in [0.4, 0.5) is 0 Å². The van der Waals surface area contributed by atoms with Gasteiger partial charge >= 0.3 is 0 Å². The molecule has 0 aliphatic heterocycles. The first-order valence-electron chi connectivity index (χ1n) is 4.49. The van der Waals surface area contributed by atoms with Crippen molar-refractivity contribution in [2.45, 2.75) is 19.8 Å². The zero-order valence-electron chi connectivity index (χ0n) is 8.14. The van der Waals surface area contributed by atoms with Crippen LogP contribution in [0.5, 0.6) is 0 Å². The van der Waals surface area contributed by atoms with Crippen LogP contribution in [-0.2, 0) is 0 Å². The molecule has 72 valence electrons. The molecular weight excluding hydrogens is 178 g/mol. The molecule has 0 saturated carbocycles. The lowest BCUT2D eigenvalue weighted by molar-refractivity contribution is 0.568. The van der Waals surface area contributed by atoms with Gasteiger partial charge in [0, 0.05) is 12.4 Å². The number of nitrogens with zero attached hydrogens (tertiary/aromatic N) is 3. The van der Waals surface area contributed by atoms with Gasteiger partial charge in [0.25, 0.3) is 5.89 Å². The first-order chi connectivity index (χ1) is 6.77. The van der Waals surface area contributed by atoms with E-state index in [-0.39, 0.29) is 0 Å². The summed E-state index contributed by atoms with van der Waals surface area (Å²) in [6.07, 6.45) is 6.69. The molecule has 0 saturated heterocycles. The van der Waals surface area contributed by atoms with Gasteiger partial charge in [0.1, 0.15) is 6.26 Å². The van der Waals surface area contributed by atoms with Crippen LogP contribution in [0.15, 0.2) is 29.3 Å². The molecule has 14 heavy (non-hydrogen) atoms. The number of rotatable bonds is 2. The summed E-state index contributed by atoms with van der Waals surface area (Å²) < 4.78 is 5.08. The molecule has 2 aromatic rings. The third kappa shape index (κ3) is 1.64. The fraction of sp³-hybridized carbons (Fsp3) is 0.300. The summed E-state index contributed by atoms with van der Waals surface area (Å²) in [7, 11) is 0. The Balaban J connectivity index is 2.31. The van der Waals surface area contributed by atoms with Crippen LogP contribution in [0, 0.1) is 0 Å². The second-order valence-corrected chi connectivity index (χ2v) is 3.33. The molecule has 0 amide bonds. The largest absolute Gasteiger partial charge is 0.442 e. The summed E-state index contributed by atoms with van der Waals surface area (Å²) in [6.45, 7) is 4.20. The van der Waals surface area contributed by atoms with E-state index in [0.717, 1.165) is 5.56 Å². The molecule has 2 aromatic heterocycles. The molecule has 2 heterocycles. The minimum Gasteiger partial charge on any atom is -0.442 e. The molecule has 0 N–H and O–H groups in total. The zero-order chi connectivity index (χ0) is 9.97. The Hall–Kier alpha value is -1.71. The molecule has 4 heteroatoms. The van der Waals surface area contributed by atoms with E-state index in [1.807, 2.05) is 0 Å². The van der Waals surface area contributed by atoms with Crippen LogP contribution in [0.1, 0.15) is 25.3 Å². The zero-order valence-corrected chi connectivity index (χ0v) is 8.14. The maximum atomic E-state index is 5.08. The smallest absolute Gasteiger partial charge is 0.264 e. The monoisotopic (exact) mass is 189 g/mol. The predicted octanol–water partition coefficient (Wildman–Crippen LogP) is 2.25. The van der Waals surface area contributed by atoms with E-state index in [4.69, 9.17) is 4.42 Å². The van der Waals surface area contributed by atoms with Crippen LogP contribution >= 0.6 is 0 Å². The highest BCUT2D eigenvalue weighted by atomic mass is 16.3. The normalized spacial score (nSPS) is 10.8. The van der Waals surface area contributed by atoms with E-state index in [0.29, 0.717) is 17.6 Å². The molecule has 4 nitrogen and oxygen atoms in total. The molecule has 0 aliphatic carbocycles. The van der Waals surface area contributed by atoms with E-state index in [2.05, 4.69) is 28.8 Å². The lowest BCUT2D eigenvalue weighted by Gasteiger charge is -2.02. The molecule has 0 aromatic carbocycles. The van der Waals surface area contributed by atoms with Gasteiger partial charge in [0.2, 0.25) is 5.82 Å². The fourth-order valence-corrected chi connectivity index (χ4v) is 1.08. The highest BCUT2D eigenvalue weighted by Crippen LogP contribution is 2.15. The fourth-order valence-electron chi connectivity index (χ4n) is 1.08. The van der Waals surface area contributed by atoms with E-state index < -0.39 is 0 Å². The van der Waals surface area contributed by atoms with E-state index >= 15 is 0 Å². The van der Waals surface area contributed by atoms with Crippen molar-refractivity contribution >= 4 is 0 Å². The third-order valence-electron chi connectivity index (χ3n) is 1.96. The summed E-state index contributed by atoms with van der Waals surface area (Å²) in [6, 6.07) is 0. The van der Waals surface area contributed by atoms with Gasteiger partial charge in [-0.25, -0.2) is 15.0 Å². The predicted molar refractivity (Wildman–Crippen MR) is 51.6 cm³/mol. The Kier molecular flexibility index (Phi) is 2.26. The summed E-state index contributed by atoms with van der Waals surface area (Å²) in [5.41, 5.74) is 1.11. The van der Waals surface area contributed by atoms with Gasteiger partial charge in [0.15, 0.2) is 0 Å². The Morgan fingerprint density at radius 1 is 1.14 bits per heavy atom. The first-order valence-corrected chi connectivity index (χ1v) is 4.49. The molecule has 0 unspecified atom stereocenters. The lowest BCUT2D eigenvalue weighted by atomic mass is 10.1. The molecule has 0 radical (unpaired) electrons. The maximum Gasteiger partial charge on any atom is 0.264 e. The molecule has 0 bridgehead atoms. The van der Waals surface area contributed by atoms with E-state index in [1.54, 1.807) is 18.6 Å². The van der Waals surface area contributed by atoms with Gasteiger partial charge in [-0.3, -0.25) is 0 Å². The van der Waals surface area contributed by atoms with Crippen molar-refractivity contribution in [2.24, 2.45) is 0 Å². The van der Waals surface area contributed by atoms with Crippen molar-refractivity contribution in [3.8, 4) is 11.7 Å². The van der Waals surface area contributed by atoms with Crippen molar-refractivity contribution < 1.29 is 4.42 Å². The molecule has 0 atom stereocenters. The topological polar surface area (TPSA) is 51.8 Å². The molecule has 0 aliphatic rings. The van der Waals surface area contributed by atoms with Crippen LogP contribution in [0.25, 0.3) is 11.7 Å². The standard InChI is InChI=1S/C10H11N3O/c1-7(2)8-5-12-9(13-6-8)10-11-3-4-14-10/h3-7H,1-2H3. The number of hydrogen-bond acceptors (Lipinski definition) is 4. The molecule has 0 spiro atoms. The Morgan fingerprint density at radius 2 is 1.86 bits per heavy atom. The third-order valence-corrected chi connectivity index (χ3v) is 1.96. The van der Waals surface area contributed by atoms with Crippen LogP contribution in [0.3, 0.4) is 0 Å². The molecule has 2 rings (SSSR count). The van der Waals surface area contributed by atoms with Gasteiger partial charge in [-0.15, -0.1) is 0 Å². The number of aromatic nitrogens is 3. The van der Waals surface area contributed by atoms with E-state index in [1.165, 1.54) is 6.26 Å². The van der Waals surface area contributed by atoms with Crippen molar-refractivity contribution in [2.75, 3.05) is 0 Å². The van der Waals surface area contributed by atoms with Crippen molar-refractivity contribution in [1.82, 2.24) is 15.0 Å². The van der Waals surface area contributed by atoms with Crippen molar-refractivity contribution in [3.05, 3.63) is 30.4 Å². The van der Waals surface area contributed by atoms with Gasteiger partial charge in [-0.1, -0.05) is 13.8 Å². The maximum absolute atomic E-state index is 5.08. The number of hydrogen-bond donors (Lipinski definition) is 0. The molecular formula is C10H11N3O. The Labute approximate surface area is 82.0 Å². The average molecular weight is 189 g/mol. The first kappa shape index (κ1) is 8.87. The lowest BCUT2D eigenvalue weighted by Crippen LogP contribution is -1.93. The van der Waals surface area contributed by atoms with Crippen molar-refractivity contribution in [3.63, 3.8) is 0 Å². The van der Waals surface area contributed by atoms with Gasteiger partial charge in [-0.2, -0.15) is 0 Å². The Morgan fingerprint density at radius 3 is 2.36 bits per heavy atom. The van der Waals surface area contributed by atoms with Crippen molar-refractivity contribution in [1.29, 1.82) is 0 Å². The highest BCUT2D eigenvalue weighted by Gasteiger charge is 2.06. The van der Waals surface area contributed by atoms with Crippen LogP contribution in [0.2, 0.25) is 0 Å². The average Bonchev–Trinajstić information content (AvgIpc) is 2.71. The summed E-state index contributed by atoms with van der Waals surface area (Å²) in [5, 5.41) is 0. The highest BCUT2D eigenvalue weighted by molar-refractivity contribution is 5.39. The number of oxazole rings is 1. The molecule has 0 fully saturated rings. The Bertz CT molecular complexity index is 392. The quantitative estimate of drug-likeness (QED) is 0.727. The van der Waals surface area contributed by atoms with Crippen LogP contribution in [-0.4, -0.2) is 15.0 Å². The van der Waals surface area contributed by atoms with Gasteiger partial charge in [0.05, 0.1) is 6.20 Å². The van der Waals surface area contributed by atoms with Crippen LogP contribution < -0.4 is 0 Å².